The number of rotatable bonds is 6. The first kappa shape index (κ1) is 28.0. The normalized spacial score (nSPS) is 34.2. The lowest BCUT2D eigenvalue weighted by atomic mass is 9.45. The molecule has 0 aliphatic heterocycles. The second-order valence-corrected chi connectivity index (χ2v) is 17.2. The van der Waals surface area contributed by atoms with Crippen LogP contribution >= 0.6 is 0 Å². The van der Waals surface area contributed by atoms with Crippen molar-refractivity contribution in [2.75, 3.05) is 6.61 Å². The van der Waals surface area contributed by atoms with Gasteiger partial charge in [-0.1, -0.05) is 110 Å². The van der Waals surface area contributed by atoms with Gasteiger partial charge in [-0.2, -0.15) is 0 Å². The van der Waals surface area contributed by atoms with E-state index in [1.54, 1.807) is 0 Å². The molecular weight excluding hydrogens is 533 g/mol. The molecule has 4 aliphatic rings. The van der Waals surface area contributed by atoms with Gasteiger partial charge in [0.05, 0.1) is 12.7 Å². The zero-order chi connectivity index (χ0) is 29.0. The molecule has 4 heteroatoms. The lowest BCUT2D eigenvalue weighted by Gasteiger charge is -2.60. The van der Waals surface area contributed by atoms with Gasteiger partial charge in [0, 0.05) is 11.8 Å². The van der Waals surface area contributed by atoms with Crippen molar-refractivity contribution in [1.29, 1.82) is 0 Å². The van der Waals surface area contributed by atoms with Crippen molar-refractivity contribution >= 4 is 29.7 Å². The average Bonchev–Trinajstić information content (AvgIpc) is 3.36. The molecular formula is C38H44O3Si. The molecule has 0 spiro atoms. The van der Waals surface area contributed by atoms with E-state index in [0.29, 0.717) is 24.2 Å². The summed E-state index contributed by atoms with van der Waals surface area (Å²) in [5, 5.41) is 14.9. The predicted molar refractivity (Wildman–Crippen MR) is 172 cm³/mol. The Labute approximate surface area is 252 Å². The van der Waals surface area contributed by atoms with Crippen molar-refractivity contribution in [2.45, 2.75) is 64.9 Å². The molecule has 7 atom stereocenters. The summed E-state index contributed by atoms with van der Waals surface area (Å²) in [5.74, 6) is 2.04. The third-order valence-electron chi connectivity index (χ3n) is 12.2. The number of aliphatic hydroxyl groups excluding tert-OH is 1. The molecule has 3 aromatic carbocycles. The van der Waals surface area contributed by atoms with Crippen LogP contribution in [0.3, 0.4) is 0 Å². The average molecular weight is 577 g/mol. The van der Waals surface area contributed by atoms with Gasteiger partial charge in [0.2, 0.25) is 0 Å². The van der Waals surface area contributed by atoms with E-state index in [2.05, 4.69) is 105 Å². The van der Waals surface area contributed by atoms with Crippen LogP contribution in [0.5, 0.6) is 0 Å². The minimum atomic E-state index is -2.81. The third kappa shape index (κ3) is 4.09. The Bertz CT molecular complexity index is 1360. The van der Waals surface area contributed by atoms with Gasteiger partial charge >= 0.3 is 0 Å². The number of ketones is 1. The van der Waals surface area contributed by atoms with Crippen LogP contribution in [-0.4, -0.2) is 31.9 Å². The molecule has 3 fully saturated rings. The van der Waals surface area contributed by atoms with Gasteiger partial charge in [-0.15, -0.1) is 0 Å². The van der Waals surface area contributed by atoms with Crippen LogP contribution in [-0.2, 0) is 9.22 Å². The van der Waals surface area contributed by atoms with E-state index >= 15 is 0 Å². The standard InChI is InChI=1S/C38H44O3Si/c1-27-24-29(40)25-28-18-19-33-34-20-21-36(37(34,2)23-22-35(33)38(27,28)26-39)41-42(30-12-6-3-7-13-30,31-14-8-4-9-15-31)32-16-10-5-11-17-32/h3-17,25,27,33-36,39H,18-24,26H2,1-2H3/t27-,33-,34-,35-,36-,37-,38-/m0/s1. The zero-order valence-electron chi connectivity index (χ0n) is 25.0. The summed E-state index contributed by atoms with van der Waals surface area (Å²) in [7, 11) is -2.81. The predicted octanol–water partition coefficient (Wildman–Crippen LogP) is 5.79. The summed E-state index contributed by atoms with van der Waals surface area (Å²) in [5.41, 5.74) is 1.10. The Morgan fingerprint density at radius 2 is 1.38 bits per heavy atom. The van der Waals surface area contributed by atoms with E-state index in [9.17, 15) is 9.90 Å². The molecule has 0 bridgehead atoms. The maximum atomic E-state index is 12.5. The maximum Gasteiger partial charge on any atom is 0.288 e. The van der Waals surface area contributed by atoms with Gasteiger partial charge in [0.15, 0.2) is 5.78 Å². The van der Waals surface area contributed by atoms with E-state index in [1.807, 2.05) is 6.08 Å². The van der Waals surface area contributed by atoms with Gasteiger partial charge in [-0.25, -0.2) is 0 Å². The summed E-state index contributed by atoms with van der Waals surface area (Å²) in [6, 6.07) is 33.0. The summed E-state index contributed by atoms with van der Waals surface area (Å²) >= 11 is 0. The minimum Gasteiger partial charge on any atom is -0.401 e. The van der Waals surface area contributed by atoms with E-state index in [1.165, 1.54) is 27.6 Å². The fourth-order valence-corrected chi connectivity index (χ4v) is 14.4. The van der Waals surface area contributed by atoms with Crippen LogP contribution in [0.1, 0.15) is 58.8 Å². The SMILES string of the molecule is C[C@H]1CC(=O)C=C2CC[C@H]3[C@@H]4CC[C@H](O[Si](c5ccccc5)(c5ccccc5)c5ccccc5)[C@@]4(C)CC[C@@H]3[C@]21CO. The topological polar surface area (TPSA) is 46.5 Å². The molecule has 4 aliphatic carbocycles. The number of fused-ring (bicyclic) bond motifs is 5. The molecule has 3 saturated carbocycles. The number of carbonyl (C=O) groups is 1. The molecule has 3 nitrogen and oxygen atoms in total. The van der Waals surface area contributed by atoms with Gasteiger partial charge in [-0.05, 0) is 89.2 Å². The highest BCUT2D eigenvalue weighted by Gasteiger charge is 2.63. The number of carbonyl (C=O) groups excluding carboxylic acids is 1. The fourth-order valence-electron chi connectivity index (χ4n) is 10.2. The first-order chi connectivity index (χ1) is 20.4. The second kappa shape index (κ2) is 10.7. The molecule has 0 aromatic heterocycles. The smallest absolute Gasteiger partial charge is 0.288 e. The Morgan fingerprint density at radius 1 is 0.810 bits per heavy atom. The summed E-state index contributed by atoms with van der Waals surface area (Å²) in [6.07, 6.45) is 9.21. The Hall–Kier alpha value is -2.79. The highest BCUT2D eigenvalue weighted by molar-refractivity contribution is 7.07. The number of hydrogen-bond donors (Lipinski definition) is 1. The Kier molecular flexibility index (Phi) is 7.16. The number of aliphatic hydroxyl groups is 1. The second-order valence-electron chi connectivity index (χ2n) is 13.9. The molecule has 218 valence electrons. The zero-order valence-corrected chi connectivity index (χ0v) is 26.0. The van der Waals surface area contributed by atoms with Crippen molar-refractivity contribution in [3.05, 3.63) is 103 Å². The summed E-state index contributed by atoms with van der Waals surface area (Å²) < 4.78 is 7.84. The van der Waals surface area contributed by atoms with Crippen LogP contribution in [0, 0.1) is 34.5 Å². The number of benzene rings is 3. The molecule has 1 N–H and O–H groups in total. The van der Waals surface area contributed by atoms with Crippen LogP contribution in [0.25, 0.3) is 0 Å². The van der Waals surface area contributed by atoms with Crippen LogP contribution in [0.2, 0.25) is 0 Å². The highest BCUT2D eigenvalue weighted by Crippen LogP contribution is 2.66. The van der Waals surface area contributed by atoms with E-state index in [-0.39, 0.29) is 35.2 Å². The van der Waals surface area contributed by atoms with E-state index in [0.717, 1.165) is 32.1 Å². The molecule has 0 radical (unpaired) electrons. The van der Waals surface area contributed by atoms with Crippen LogP contribution in [0.4, 0.5) is 0 Å². The lowest BCUT2D eigenvalue weighted by Crippen LogP contribution is -2.71. The molecule has 42 heavy (non-hydrogen) atoms. The van der Waals surface area contributed by atoms with Gasteiger partial charge in [-0.3, -0.25) is 4.79 Å². The molecule has 0 amide bonds. The van der Waals surface area contributed by atoms with Crippen molar-refractivity contribution in [2.24, 2.45) is 34.5 Å². The van der Waals surface area contributed by atoms with Crippen molar-refractivity contribution < 1.29 is 14.3 Å². The van der Waals surface area contributed by atoms with Gasteiger partial charge in [0.1, 0.15) is 0 Å². The largest absolute Gasteiger partial charge is 0.401 e. The molecule has 0 heterocycles. The van der Waals surface area contributed by atoms with Crippen molar-refractivity contribution in [3.63, 3.8) is 0 Å². The van der Waals surface area contributed by atoms with E-state index < -0.39 is 8.32 Å². The maximum absolute atomic E-state index is 12.5. The molecule has 0 saturated heterocycles. The molecule has 3 aromatic rings. The van der Waals surface area contributed by atoms with Gasteiger partial charge in [0.25, 0.3) is 8.32 Å². The summed E-state index contributed by atoms with van der Waals surface area (Å²) in [6.45, 7) is 4.91. The molecule has 0 unspecified atom stereocenters. The quantitative estimate of drug-likeness (QED) is 0.299. The highest BCUT2D eigenvalue weighted by atomic mass is 28.4. The van der Waals surface area contributed by atoms with E-state index in [4.69, 9.17) is 4.43 Å². The van der Waals surface area contributed by atoms with Gasteiger partial charge < -0.3 is 9.53 Å². The van der Waals surface area contributed by atoms with Crippen LogP contribution in [0.15, 0.2) is 103 Å². The minimum absolute atomic E-state index is 0.0867. The Balaban J connectivity index is 1.29. The van der Waals surface area contributed by atoms with Crippen molar-refractivity contribution in [3.8, 4) is 0 Å². The lowest BCUT2D eigenvalue weighted by molar-refractivity contribution is -0.125. The number of hydrogen-bond acceptors (Lipinski definition) is 3. The molecule has 7 rings (SSSR count). The third-order valence-corrected chi connectivity index (χ3v) is 16.3. The monoisotopic (exact) mass is 576 g/mol. The van der Waals surface area contributed by atoms with Crippen molar-refractivity contribution in [1.82, 2.24) is 0 Å². The first-order valence-corrected chi connectivity index (χ1v) is 18.0. The first-order valence-electron chi connectivity index (χ1n) is 16.1. The van der Waals surface area contributed by atoms with Crippen LogP contribution < -0.4 is 15.6 Å². The Morgan fingerprint density at radius 3 is 1.93 bits per heavy atom. The summed E-state index contributed by atoms with van der Waals surface area (Å²) in [4.78, 5) is 12.5. The fraction of sp³-hybridized carbons (Fsp3) is 0.447.